The molecular formula is C65H81FN12O6. The summed E-state index contributed by atoms with van der Waals surface area (Å²) in [5, 5.41) is 29.6. The van der Waals surface area contributed by atoms with Crippen molar-refractivity contribution in [2.24, 2.45) is 11.0 Å². The largest absolute Gasteiger partial charge is 0.486 e. The maximum absolute atomic E-state index is 15.8. The number of benzene rings is 4. The van der Waals surface area contributed by atoms with Crippen LogP contribution in [0, 0.1) is 25.6 Å². The Bertz CT molecular complexity index is 3410. The molecule has 11 rings (SSSR count). The Morgan fingerprint density at radius 1 is 0.976 bits per heavy atom. The molecule has 444 valence electrons. The number of fused-ring (bicyclic) bond motifs is 3. The first-order valence-electron chi connectivity index (χ1n) is 29.6. The molecule has 2 bridgehead atoms. The van der Waals surface area contributed by atoms with Crippen LogP contribution in [0.5, 0.6) is 11.8 Å². The molecule has 3 aliphatic heterocycles. The van der Waals surface area contributed by atoms with Crippen molar-refractivity contribution in [1.82, 2.24) is 50.9 Å². The van der Waals surface area contributed by atoms with Crippen LogP contribution in [0.15, 0.2) is 96.5 Å². The molecule has 3 saturated heterocycles. The zero-order chi connectivity index (χ0) is 59.6. The Morgan fingerprint density at radius 2 is 1.74 bits per heavy atom. The molecule has 0 radical (unpaired) electrons. The zero-order valence-corrected chi connectivity index (χ0v) is 50.1. The van der Waals surface area contributed by atoms with Crippen molar-refractivity contribution in [2.75, 3.05) is 51.9 Å². The molecule has 4 aliphatic rings. The Hall–Kier alpha value is -7.87. The van der Waals surface area contributed by atoms with E-state index in [1.165, 1.54) is 6.07 Å². The van der Waals surface area contributed by atoms with Crippen molar-refractivity contribution in [3.63, 3.8) is 0 Å². The minimum atomic E-state index is -0.433. The van der Waals surface area contributed by atoms with Crippen molar-refractivity contribution in [3.05, 3.63) is 131 Å². The number of hydrogen-bond donors (Lipinski definition) is 4. The Morgan fingerprint density at radius 3 is 2.37 bits per heavy atom. The summed E-state index contributed by atoms with van der Waals surface area (Å²) in [5.74, 6) is 1.43. The number of amides is 2. The molecular weight excluding hydrogens is 1060 g/mol. The van der Waals surface area contributed by atoms with E-state index in [1.54, 1.807) is 37.3 Å². The number of aryl methyl sites for hydroxylation is 1. The number of pyridine rings is 1. The van der Waals surface area contributed by atoms with Crippen LogP contribution in [0.1, 0.15) is 125 Å². The highest BCUT2D eigenvalue weighted by molar-refractivity contribution is 6.04. The van der Waals surface area contributed by atoms with Gasteiger partial charge in [0.1, 0.15) is 42.1 Å². The van der Waals surface area contributed by atoms with Crippen molar-refractivity contribution in [1.29, 1.82) is 0 Å². The summed E-state index contributed by atoms with van der Waals surface area (Å²) in [5.41, 5.74) is 14.0. The lowest BCUT2D eigenvalue weighted by Crippen LogP contribution is -2.44. The van der Waals surface area contributed by atoms with Crippen LogP contribution in [-0.4, -0.2) is 130 Å². The van der Waals surface area contributed by atoms with Gasteiger partial charge in [0.25, 0.3) is 0 Å². The lowest BCUT2D eigenvalue weighted by molar-refractivity contribution is -0.137. The van der Waals surface area contributed by atoms with E-state index in [2.05, 4.69) is 68.2 Å². The first-order chi connectivity index (χ1) is 40.8. The van der Waals surface area contributed by atoms with Gasteiger partial charge in [-0.2, -0.15) is 15.1 Å². The molecule has 18 nitrogen and oxygen atoms in total. The molecule has 1 aliphatic carbocycles. The van der Waals surface area contributed by atoms with Crippen LogP contribution in [-0.2, 0) is 20.9 Å². The molecule has 3 aromatic heterocycles. The third-order valence-corrected chi connectivity index (χ3v) is 16.4. The molecule has 5 unspecified atom stereocenters. The number of halogens is 1. The van der Waals surface area contributed by atoms with Crippen LogP contribution < -0.4 is 30.4 Å². The standard InChI is InChI=1S/C48H59FN10O4.C15H16N2O2.C2H6/c1-27(2)44(47(60)57-18-8-9-28(57)3)59-24-40(55-56-59)33-12-10-31(11-13-33)26-62-45-42(41-30(5)39(49)17-16-34(41)21-52-50-6)37(32-14-15-32)20-38-43(45)53-48(63-25-29(4)61-7)54-46(38)58-23-35-19-36(58)22-51-35;1-11-8-16-7-6-14(11)12-2-4-13(5-3-12)15(9-18)17-10-19;1-2/h10-13,16-17,20-21,24,27-29,32,35-36,44,50-51H,8-9,14-15,18-19,22-23,25-26H2,1-7H3;2-8,10,15,18H,9H2,1H3,(H,17,19);1-2H3/b52-21-;;/t28?,29-,35?,36?,44?;;/m0../s1. The monoisotopic (exact) mass is 1140 g/mol. The number of hydrazone groups is 1. The Balaban J connectivity index is 0.000000340. The van der Waals surface area contributed by atoms with Crippen molar-refractivity contribution >= 4 is 35.3 Å². The van der Waals surface area contributed by atoms with E-state index in [9.17, 15) is 14.7 Å². The molecule has 4 aromatic carbocycles. The molecule has 1 saturated carbocycles. The van der Waals surface area contributed by atoms with Gasteiger partial charge in [0, 0.05) is 92.0 Å². The minimum Gasteiger partial charge on any atom is -0.486 e. The van der Waals surface area contributed by atoms with E-state index < -0.39 is 6.04 Å². The van der Waals surface area contributed by atoms with E-state index in [0.29, 0.717) is 40.5 Å². The van der Waals surface area contributed by atoms with E-state index in [1.807, 2.05) is 107 Å². The molecule has 19 heteroatoms. The van der Waals surface area contributed by atoms with E-state index >= 15 is 4.39 Å². The normalized spacial score (nSPS) is 18.3. The van der Waals surface area contributed by atoms with Gasteiger partial charge in [-0.15, -0.1) is 5.10 Å². The van der Waals surface area contributed by atoms with Crippen LogP contribution in [0.2, 0.25) is 0 Å². The second kappa shape index (κ2) is 27.7. The second-order valence-corrected chi connectivity index (χ2v) is 22.4. The first-order valence-corrected chi connectivity index (χ1v) is 29.6. The van der Waals surface area contributed by atoms with Gasteiger partial charge in [-0.1, -0.05) is 81.4 Å². The van der Waals surface area contributed by atoms with Gasteiger partial charge in [0.15, 0.2) is 5.75 Å². The van der Waals surface area contributed by atoms with Crippen molar-refractivity contribution < 1.29 is 33.3 Å². The molecule has 6 heterocycles. The second-order valence-electron chi connectivity index (χ2n) is 22.4. The number of rotatable bonds is 21. The fourth-order valence-corrected chi connectivity index (χ4v) is 11.6. The van der Waals surface area contributed by atoms with E-state index in [0.717, 1.165) is 113 Å². The molecule has 4 N–H and O–H groups in total. The van der Waals surface area contributed by atoms with Crippen LogP contribution in [0.25, 0.3) is 44.4 Å². The number of carbonyl (C=O) groups excluding carboxylic acids is 2. The minimum absolute atomic E-state index is 0.0435. The highest BCUT2D eigenvalue weighted by atomic mass is 19.1. The van der Waals surface area contributed by atoms with Gasteiger partial charge in [0.05, 0.1) is 31.2 Å². The van der Waals surface area contributed by atoms with Crippen LogP contribution in [0.3, 0.4) is 0 Å². The number of methoxy groups -OCH3 is 1. The number of aromatic nitrogens is 6. The number of anilines is 1. The average molecular weight is 1150 g/mol. The summed E-state index contributed by atoms with van der Waals surface area (Å²) in [6.45, 7) is 18.8. The number of ether oxygens (including phenoxy) is 3. The number of hydrogen-bond acceptors (Lipinski definition) is 15. The molecule has 2 amide bonds. The molecule has 4 fully saturated rings. The third kappa shape index (κ3) is 13.4. The van der Waals surface area contributed by atoms with E-state index in [-0.39, 0.29) is 73.6 Å². The predicted octanol–water partition coefficient (Wildman–Crippen LogP) is 10.0. The number of aliphatic hydroxyl groups is 1. The summed E-state index contributed by atoms with van der Waals surface area (Å²) in [6.07, 6.45) is 12.7. The maximum Gasteiger partial charge on any atom is 0.319 e. The summed E-state index contributed by atoms with van der Waals surface area (Å²) >= 11 is 0. The number of nitrogens with zero attached hydrogens (tertiary/aromatic N) is 9. The van der Waals surface area contributed by atoms with Gasteiger partial charge < -0.3 is 45.2 Å². The maximum atomic E-state index is 15.8. The highest BCUT2D eigenvalue weighted by Gasteiger charge is 2.41. The van der Waals surface area contributed by atoms with Crippen LogP contribution in [0.4, 0.5) is 10.2 Å². The summed E-state index contributed by atoms with van der Waals surface area (Å²) in [6, 6.07) is 23.6. The topological polar surface area (TPSA) is 206 Å². The molecule has 0 spiro atoms. The van der Waals surface area contributed by atoms with Gasteiger partial charge in [-0.05, 0) is 135 Å². The van der Waals surface area contributed by atoms with Gasteiger partial charge >= 0.3 is 6.01 Å². The number of likely N-dealkylation sites (tertiary alicyclic amines) is 1. The number of nitrogens with one attached hydrogen (secondary N) is 3. The van der Waals surface area contributed by atoms with Crippen LogP contribution >= 0.6 is 0 Å². The fourth-order valence-electron chi connectivity index (χ4n) is 11.6. The average Bonchev–Trinajstić information content (AvgIpc) is 1.82. The molecule has 7 aromatic rings. The van der Waals surface area contributed by atoms with Crippen molar-refractivity contribution in [3.8, 4) is 45.3 Å². The number of aliphatic hydroxyl groups excluding tert-OH is 1. The van der Waals surface area contributed by atoms with Crippen molar-refractivity contribution in [2.45, 2.75) is 136 Å². The lowest BCUT2D eigenvalue weighted by atomic mass is 9.88. The SMILES string of the molecule is CC.CN/N=C\c1ccc(F)c(C)c1-c1c(C2CC2)cc2c(N3CC4CC3CN4)nc(OC[C@H](C)OC)nc2c1OCc1ccc(-c2cn(C(C(=O)N3CCCC3C)C(C)C)nn2)cc1.Cc1cnccc1-c1ccc(C(CO)NC=O)cc1. The Kier molecular flexibility index (Phi) is 20.0. The van der Waals surface area contributed by atoms with Gasteiger partial charge in [-0.3, -0.25) is 14.6 Å². The molecule has 6 atom stereocenters. The number of carbonyl (C=O) groups is 2. The zero-order valence-electron chi connectivity index (χ0n) is 50.1. The smallest absolute Gasteiger partial charge is 0.319 e. The fraction of sp³-hybridized carbons (Fsp3) is 0.446. The van der Waals surface area contributed by atoms with Gasteiger partial charge in [0.2, 0.25) is 12.3 Å². The van der Waals surface area contributed by atoms with E-state index in [4.69, 9.17) is 24.2 Å². The highest BCUT2D eigenvalue weighted by Crippen LogP contribution is 2.53. The Labute approximate surface area is 492 Å². The molecule has 84 heavy (non-hydrogen) atoms. The summed E-state index contributed by atoms with van der Waals surface area (Å²) < 4.78 is 36.4. The number of piperazine rings is 1. The van der Waals surface area contributed by atoms with Gasteiger partial charge in [-0.25, -0.2) is 9.07 Å². The summed E-state index contributed by atoms with van der Waals surface area (Å²) in [7, 11) is 3.39. The quantitative estimate of drug-likeness (QED) is 0.0300. The third-order valence-electron chi connectivity index (χ3n) is 16.4. The summed E-state index contributed by atoms with van der Waals surface area (Å²) in [4.78, 5) is 42.8. The first kappa shape index (κ1) is 60.7. The predicted molar refractivity (Wildman–Crippen MR) is 327 cm³/mol. The lowest BCUT2D eigenvalue weighted by Gasteiger charge is -2.30.